The number of rotatable bonds is 6. The van der Waals surface area contributed by atoms with Gasteiger partial charge in [0.05, 0.1) is 20.1 Å². The third-order valence-corrected chi connectivity index (χ3v) is 3.07. The summed E-state index contributed by atoms with van der Waals surface area (Å²) in [4.78, 5) is 23.6. The summed E-state index contributed by atoms with van der Waals surface area (Å²) < 4.78 is 15.1. The normalized spacial score (nSPS) is 12.2. The fourth-order valence-electron chi connectivity index (χ4n) is 1.97. The summed E-state index contributed by atoms with van der Waals surface area (Å²) in [5, 5.41) is 2.61. The van der Waals surface area contributed by atoms with Gasteiger partial charge >= 0.3 is 12.1 Å². The second kappa shape index (κ2) is 8.41. The molecule has 0 aliphatic heterocycles. The summed E-state index contributed by atoms with van der Waals surface area (Å²) in [6.07, 6.45) is -0.104. The van der Waals surface area contributed by atoms with Crippen LogP contribution < -0.4 is 10.1 Å². The van der Waals surface area contributed by atoms with E-state index in [2.05, 4.69) is 5.32 Å². The molecule has 128 valence electrons. The molecular weight excluding hydrogens is 298 g/mol. The van der Waals surface area contributed by atoms with Crippen molar-refractivity contribution in [1.29, 1.82) is 0 Å². The number of alkyl carbamates (subject to hydrolysis) is 1. The number of carbonyl (C=O) groups is 2. The largest absolute Gasteiger partial charge is 0.497 e. The summed E-state index contributed by atoms with van der Waals surface area (Å²) in [5.74, 6) is -0.118. The molecule has 0 fully saturated rings. The van der Waals surface area contributed by atoms with Crippen LogP contribution in [0.15, 0.2) is 24.3 Å². The number of benzene rings is 1. The van der Waals surface area contributed by atoms with E-state index < -0.39 is 17.6 Å². The lowest BCUT2D eigenvalue weighted by molar-refractivity contribution is -0.145. The van der Waals surface area contributed by atoms with Crippen molar-refractivity contribution in [2.24, 2.45) is 5.92 Å². The average Bonchev–Trinajstić information content (AvgIpc) is 2.49. The van der Waals surface area contributed by atoms with Gasteiger partial charge in [-0.2, -0.15) is 0 Å². The molecular formula is C17H25NO5. The topological polar surface area (TPSA) is 73.9 Å². The average molecular weight is 323 g/mol. The lowest BCUT2D eigenvalue weighted by Crippen LogP contribution is -2.38. The van der Waals surface area contributed by atoms with Crippen LogP contribution in [0.25, 0.3) is 0 Å². The Morgan fingerprint density at radius 1 is 1.13 bits per heavy atom. The summed E-state index contributed by atoms with van der Waals surface area (Å²) in [7, 11) is 2.92. The zero-order valence-corrected chi connectivity index (χ0v) is 14.3. The molecule has 0 aromatic heterocycles. The monoisotopic (exact) mass is 323 g/mol. The highest BCUT2D eigenvalue weighted by atomic mass is 16.6. The molecule has 1 amide bonds. The zero-order chi connectivity index (χ0) is 17.5. The van der Waals surface area contributed by atoms with Crippen LogP contribution in [0.5, 0.6) is 5.75 Å². The minimum Gasteiger partial charge on any atom is -0.497 e. The van der Waals surface area contributed by atoms with Gasteiger partial charge in [0.25, 0.3) is 0 Å². The number of carbonyl (C=O) groups excluding carboxylic acids is 2. The van der Waals surface area contributed by atoms with Crippen molar-refractivity contribution < 1.29 is 23.8 Å². The molecule has 1 rings (SSSR count). The number of esters is 1. The van der Waals surface area contributed by atoms with Crippen molar-refractivity contribution in [2.75, 3.05) is 20.8 Å². The summed E-state index contributed by atoms with van der Waals surface area (Å²) in [6, 6.07) is 7.40. The van der Waals surface area contributed by atoms with Gasteiger partial charge in [-0.25, -0.2) is 4.79 Å². The molecule has 0 saturated heterocycles. The van der Waals surface area contributed by atoms with Gasteiger partial charge in [0, 0.05) is 6.54 Å². The summed E-state index contributed by atoms with van der Waals surface area (Å²) >= 11 is 0. The van der Waals surface area contributed by atoms with Crippen molar-refractivity contribution in [1.82, 2.24) is 5.32 Å². The van der Waals surface area contributed by atoms with Crippen molar-refractivity contribution in [3.05, 3.63) is 29.8 Å². The van der Waals surface area contributed by atoms with Crippen LogP contribution in [-0.4, -0.2) is 38.4 Å². The Morgan fingerprint density at radius 3 is 2.22 bits per heavy atom. The van der Waals surface area contributed by atoms with Gasteiger partial charge < -0.3 is 19.5 Å². The number of methoxy groups -OCH3 is 2. The van der Waals surface area contributed by atoms with Gasteiger partial charge in [-0.05, 0) is 44.9 Å². The minimum absolute atomic E-state index is 0.146. The van der Waals surface area contributed by atoms with E-state index in [0.717, 1.165) is 11.3 Å². The Balaban J connectivity index is 2.65. The van der Waals surface area contributed by atoms with Gasteiger partial charge in [-0.15, -0.1) is 0 Å². The lowest BCUT2D eigenvalue weighted by atomic mass is 9.99. The number of ether oxygens (including phenoxy) is 3. The number of nitrogens with one attached hydrogen (secondary N) is 1. The molecule has 0 radical (unpaired) electrons. The Morgan fingerprint density at radius 2 is 1.74 bits per heavy atom. The Kier molecular flexibility index (Phi) is 6.88. The first-order chi connectivity index (χ1) is 10.7. The van der Waals surface area contributed by atoms with E-state index in [0.29, 0.717) is 6.42 Å². The first-order valence-corrected chi connectivity index (χ1v) is 7.42. The van der Waals surface area contributed by atoms with Gasteiger partial charge in [0.1, 0.15) is 11.4 Å². The molecule has 0 saturated carbocycles. The summed E-state index contributed by atoms with van der Waals surface area (Å²) in [6.45, 7) is 5.48. The Hall–Kier alpha value is -2.24. The van der Waals surface area contributed by atoms with Crippen molar-refractivity contribution in [2.45, 2.75) is 32.8 Å². The maximum absolute atomic E-state index is 11.9. The van der Waals surface area contributed by atoms with Crippen LogP contribution in [0.1, 0.15) is 26.3 Å². The van der Waals surface area contributed by atoms with Crippen LogP contribution in [0.3, 0.4) is 0 Å². The maximum Gasteiger partial charge on any atom is 0.407 e. The van der Waals surface area contributed by atoms with E-state index in [1.165, 1.54) is 7.11 Å². The second-order valence-electron chi connectivity index (χ2n) is 6.16. The van der Waals surface area contributed by atoms with E-state index in [1.807, 2.05) is 24.3 Å². The molecule has 1 N–H and O–H groups in total. The van der Waals surface area contributed by atoms with E-state index >= 15 is 0 Å². The molecule has 1 atom stereocenters. The molecule has 6 heteroatoms. The number of amides is 1. The van der Waals surface area contributed by atoms with E-state index in [-0.39, 0.29) is 12.5 Å². The van der Waals surface area contributed by atoms with Crippen LogP contribution in [0, 0.1) is 5.92 Å². The SMILES string of the molecule is COC(=O)[C@@H](CNC(=O)OC(C)(C)C)Cc1ccc(OC)cc1. The third kappa shape index (κ3) is 7.04. The second-order valence-corrected chi connectivity index (χ2v) is 6.16. The molecule has 0 unspecified atom stereocenters. The Bertz CT molecular complexity index is 519. The molecule has 0 aliphatic rings. The van der Waals surface area contributed by atoms with Crippen molar-refractivity contribution >= 4 is 12.1 Å². The first-order valence-electron chi connectivity index (χ1n) is 7.42. The molecule has 1 aromatic rings. The minimum atomic E-state index is -0.583. The molecule has 6 nitrogen and oxygen atoms in total. The van der Waals surface area contributed by atoms with Crippen LogP contribution in [0.2, 0.25) is 0 Å². The highest BCUT2D eigenvalue weighted by Crippen LogP contribution is 2.15. The highest BCUT2D eigenvalue weighted by Gasteiger charge is 2.22. The number of hydrogen-bond donors (Lipinski definition) is 1. The molecule has 0 bridgehead atoms. The van der Waals surface area contributed by atoms with Gasteiger partial charge in [-0.1, -0.05) is 12.1 Å². The van der Waals surface area contributed by atoms with Crippen molar-refractivity contribution in [3.63, 3.8) is 0 Å². The zero-order valence-electron chi connectivity index (χ0n) is 14.3. The highest BCUT2D eigenvalue weighted by molar-refractivity contribution is 5.74. The predicted molar refractivity (Wildman–Crippen MR) is 86.4 cm³/mol. The fourth-order valence-corrected chi connectivity index (χ4v) is 1.97. The quantitative estimate of drug-likeness (QED) is 0.814. The van der Waals surface area contributed by atoms with Crippen LogP contribution in [-0.2, 0) is 20.7 Å². The Labute approximate surface area is 137 Å². The molecule has 23 heavy (non-hydrogen) atoms. The molecule has 0 aliphatic carbocycles. The summed E-state index contributed by atoms with van der Waals surface area (Å²) in [5.41, 5.74) is 0.369. The molecule has 1 aromatic carbocycles. The van der Waals surface area contributed by atoms with E-state index in [4.69, 9.17) is 14.2 Å². The maximum atomic E-state index is 11.9. The fraction of sp³-hybridized carbons (Fsp3) is 0.529. The number of hydrogen-bond acceptors (Lipinski definition) is 5. The van der Waals surface area contributed by atoms with E-state index in [9.17, 15) is 9.59 Å². The van der Waals surface area contributed by atoms with Gasteiger partial charge in [0.2, 0.25) is 0 Å². The molecule has 0 spiro atoms. The smallest absolute Gasteiger partial charge is 0.407 e. The standard InChI is InChI=1S/C17H25NO5/c1-17(2,3)23-16(20)18-11-13(15(19)22-5)10-12-6-8-14(21-4)9-7-12/h6-9,13H,10-11H2,1-5H3,(H,18,20)/t13-/m1/s1. The lowest BCUT2D eigenvalue weighted by Gasteiger charge is -2.21. The predicted octanol–water partition coefficient (Wildman–Crippen LogP) is 2.55. The van der Waals surface area contributed by atoms with Gasteiger partial charge in [0.15, 0.2) is 0 Å². The molecule has 0 heterocycles. The van der Waals surface area contributed by atoms with E-state index in [1.54, 1.807) is 27.9 Å². The third-order valence-electron chi connectivity index (χ3n) is 3.07. The first kappa shape index (κ1) is 18.8. The van der Waals surface area contributed by atoms with Crippen LogP contribution in [0.4, 0.5) is 4.79 Å². The van der Waals surface area contributed by atoms with Crippen molar-refractivity contribution in [3.8, 4) is 5.75 Å². The van der Waals surface area contributed by atoms with Gasteiger partial charge in [-0.3, -0.25) is 4.79 Å². The van der Waals surface area contributed by atoms with Crippen LogP contribution >= 0.6 is 0 Å².